The second-order valence-corrected chi connectivity index (χ2v) is 26.3. The molecule has 0 saturated heterocycles. The highest BCUT2D eigenvalue weighted by atomic mass is 15.1. The molecule has 20 aromatic rings. The standard InChI is InChI=1S/C50H34N2.C48H32N2/c1-3-12-35(13-4-1)36-22-28-42(29-23-36)51(47-21-11-17-38-14-7-8-18-44(38)47)43-30-24-37(25-31-43)40-26-32-46-41(34-40)27-33-49-50(39-15-5-2-6-16-39)45-19-9-10-20-48(45)52(46)49;1-3-13-33(14-4-1)34-23-26-38(27-24-34)49(47-32-36-17-7-8-18-40(36)41-19-9-10-20-42(41)47)39-28-30-44-37(31-39)25-29-46-48(35-15-5-2-6-16-35)43-21-11-12-22-45(43)50(44)46/h1-34H;1-32H. The Morgan fingerprint density at radius 3 is 1.04 bits per heavy atom. The smallest absolute Gasteiger partial charge is 0.0547 e. The first-order chi connectivity index (χ1) is 50.6. The van der Waals surface area contributed by atoms with Gasteiger partial charge in [0.15, 0.2) is 0 Å². The molecule has 0 aliphatic heterocycles. The van der Waals surface area contributed by atoms with E-state index in [2.05, 4.69) is 419 Å². The Labute approximate surface area is 592 Å². The Balaban J connectivity index is 0.000000141. The lowest BCUT2D eigenvalue weighted by atomic mass is 9.98. The van der Waals surface area contributed by atoms with Crippen LogP contribution in [-0.4, -0.2) is 8.80 Å². The maximum Gasteiger partial charge on any atom is 0.0547 e. The lowest BCUT2D eigenvalue weighted by molar-refractivity contribution is 1.29. The molecule has 0 fully saturated rings. The lowest BCUT2D eigenvalue weighted by Crippen LogP contribution is -2.11. The van der Waals surface area contributed by atoms with E-state index in [4.69, 9.17) is 0 Å². The molecule has 0 atom stereocenters. The zero-order valence-electron chi connectivity index (χ0n) is 55.9. The number of nitrogens with zero attached hydrogens (tertiary/aromatic N) is 4. The molecule has 4 nitrogen and oxygen atoms in total. The zero-order chi connectivity index (χ0) is 67.5. The molecular formula is C98H66N4. The van der Waals surface area contributed by atoms with E-state index in [1.165, 1.54) is 143 Å². The van der Waals surface area contributed by atoms with Crippen LogP contribution in [0.1, 0.15) is 0 Å². The Morgan fingerprint density at radius 1 is 0.157 bits per heavy atom. The van der Waals surface area contributed by atoms with Crippen LogP contribution in [0.25, 0.3) is 143 Å². The number of benzene rings is 16. The number of pyridine rings is 2. The molecule has 0 unspecified atom stereocenters. The molecule has 20 rings (SSSR count). The molecule has 4 heteroatoms. The van der Waals surface area contributed by atoms with Crippen molar-refractivity contribution in [2.45, 2.75) is 0 Å². The van der Waals surface area contributed by atoms with Gasteiger partial charge >= 0.3 is 0 Å². The van der Waals surface area contributed by atoms with Crippen molar-refractivity contribution >= 4 is 121 Å². The Bertz CT molecular complexity index is 6510. The number of hydrogen-bond donors (Lipinski definition) is 0. The van der Waals surface area contributed by atoms with Crippen molar-refractivity contribution in [3.05, 3.63) is 400 Å². The van der Waals surface area contributed by atoms with Gasteiger partial charge in [-0.2, -0.15) is 0 Å². The highest BCUT2D eigenvalue weighted by molar-refractivity contribution is 6.16. The Kier molecular flexibility index (Phi) is 14.9. The minimum Gasteiger partial charge on any atom is -0.310 e. The van der Waals surface area contributed by atoms with Gasteiger partial charge in [-0.05, 0) is 175 Å². The molecule has 0 amide bonds. The van der Waals surface area contributed by atoms with Gasteiger partial charge in [0, 0.05) is 60.8 Å². The summed E-state index contributed by atoms with van der Waals surface area (Å²) in [6.07, 6.45) is 0. The fraction of sp³-hybridized carbons (Fsp3) is 0. The van der Waals surface area contributed by atoms with Gasteiger partial charge in [-0.1, -0.05) is 297 Å². The summed E-state index contributed by atoms with van der Waals surface area (Å²) in [5.41, 5.74) is 26.3. The number of aromatic nitrogens is 2. The van der Waals surface area contributed by atoms with Gasteiger partial charge in [-0.25, -0.2) is 0 Å². The minimum absolute atomic E-state index is 1.11. The van der Waals surface area contributed by atoms with Crippen LogP contribution in [0, 0.1) is 0 Å². The molecule has 0 spiro atoms. The topological polar surface area (TPSA) is 15.3 Å². The lowest BCUT2D eigenvalue weighted by Gasteiger charge is -2.28. The molecule has 0 N–H and O–H groups in total. The van der Waals surface area contributed by atoms with Crippen LogP contribution in [0.3, 0.4) is 0 Å². The number of hydrogen-bond acceptors (Lipinski definition) is 2. The summed E-state index contributed by atoms with van der Waals surface area (Å²) in [6, 6.07) is 145. The van der Waals surface area contributed by atoms with E-state index in [1.54, 1.807) is 0 Å². The zero-order valence-corrected chi connectivity index (χ0v) is 55.9. The number of para-hydroxylation sites is 2. The van der Waals surface area contributed by atoms with E-state index in [9.17, 15) is 0 Å². The van der Waals surface area contributed by atoms with Crippen LogP contribution in [-0.2, 0) is 0 Å². The van der Waals surface area contributed by atoms with E-state index in [0.717, 1.165) is 34.1 Å². The van der Waals surface area contributed by atoms with Gasteiger partial charge in [0.05, 0.1) is 44.5 Å². The summed E-state index contributed by atoms with van der Waals surface area (Å²) >= 11 is 0. The average Bonchev–Trinajstić information content (AvgIpc) is 1.50. The van der Waals surface area contributed by atoms with Gasteiger partial charge in [0.1, 0.15) is 0 Å². The number of rotatable bonds is 11. The highest BCUT2D eigenvalue weighted by Crippen LogP contribution is 2.47. The van der Waals surface area contributed by atoms with Gasteiger partial charge in [0.25, 0.3) is 0 Å². The third kappa shape index (κ3) is 10.5. The monoisotopic (exact) mass is 1300 g/mol. The van der Waals surface area contributed by atoms with Crippen LogP contribution >= 0.6 is 0 Å². The molecule has 0 radical (unpaired) electrons. The fourth-order valence-electron chi connectivity index (χ4n) is 15.7. The predicted molar refractivity (Wildman–Crippen MR) is 434 cm³/mol. The predicted octanol–water partition coefficient (Wildman–Crippen LogP) is 27.2. The molecule has 0 aliphatic carbocycles. The minimum atomic E-state index is 1.11. The van der Waals surface area contributed by atoms with Crippen molar-refractivity contribution in [1.29, 1.82) is 0 Å². The van der Waals surface area contributed by atoms with E-state index in [1.807, 2.05) is 0 Å². The van der Waals surface area contributed by atoms with Crippen LogP contribution < -0.4 is 9.80 Å². The third-order valence-corrected chi connectivity index (χ3v) is 20.5. The SMILES string of the molecule is c1ccc(-c2ccc(N(c3ccc(-c4ccc5c(ccc6c(-c7ccccc7)c7ccccc7n65)c4)cc3)c3cccc4ccccc34)cc2)cc1.c1ccc(-c2ccc(N(c3ccc4c(ccc5c(-c6ccccc6)c6ccccc6n54)c3)c3cc4ccccc4c4ccccc34)cc2)cc1. The molecule has 0 bridgehead atoms. The van der Waals surface area contributed by atoms with E-state index in [-0.39, 0.29) is 0 Å². The number of anilines is 6. The summed E-state index contributed by atoms with van der Waals surface area (Å²) in [4.78, 5) is 4.80. The van der Waals surface area contributed by atoms with Crippen molar-refractivity contribution in [1.82, 2.24) is 8.80 Å². The largest absolute Gasteiger partial charge is 0.310 e. The normalized spacial score (nSPS) is 11.5. The average molecular weight is 1300 g/mol. The second kappa shape index (κ2) is 25.4. The molecule has 16 aromatic carbocycles. The maximum absolute atomic E-state index is 2.43. The Morgan fingerprint density at radius 2 is 0.510 bits per heavy atom. The summed E-state index contributed by atoms with van der Waals surface area (Å²) in [7, 11) is 0. The van der Waals surface area contributed by atoms with Crippen LogP contribution in [0.4, 0.5) is 34.1 Å². The third-order valence-electron chi connectivity index (χ3n) is 20.5. The van der Waals surface area contributed by atoms with Crippen molar-refractivity contribution in [3.8, 4) is 55.6 Å². The van der Waals surface area contributed by atoms with Crippen LogP contribution in [0.15, 0.2) is 400 Å². The van der Waals surface area contributed by atoms with Crippen molar-refractivity contribution in [2.75, 3.05) is 9.80 Å². The Hall–Kier alpha value is -13.5. The molecule has 0 aliphatic rings. The molecular weight excluding hydrogens is 1230 g/mol. The highest BCUT2D eigenvalue weighted by Gasteiger charge is 2.23. The first kappa shape index (κ1) is 59.7. The second-order valence-electron chi connectivity index (χ2n) is 26.3. The van der Waals surface area contributed by atoms with Gasteiger partial charge in [-0.3, -0.25) is 0 Å². The molecule has 4 heterocycles. The number of fused-ring (bicyclic) bond motifs is 14. The van der Waals surface area contributed by atoms with E-state index in [0.29, 0.717) is 0 Å². The van der Waals surface area contributed by atoms with Gasteiger partial charge in [-0.15, -0.1) is 0 Å². The summed E-state index contributed by atoms with van der Waals surface area (Å²) in [6.45, 7) is 0. The molecule has 478 valence electrons. The van der Waals surface area contributed by atoms with Crippen LogP contribution in [0.2, 0.25) is 0 Å². The van der Waals surface area contributed by atoms with E-state index < -0.39 is 0 Å². The molecule has 102 heavy (non-hydrogen) atoms. The summed E-state index contributed by atoms with van der Waals surface area (Å²) in [5.74, 6) is 0. The fourth-order valence-corrected chi connectivity index (χ4v) is 15.7. The molecule has 0 saturated carbocycles. The first-order valence-electron chi connectivity index (χ1n) is 35.0. The molecule has 4 aromatic heterocycles. The van der Waals surface area contributed by atoms with Crippen molar-refractivity contribution < 1.29 is 0 Å². The van der Waals surface area contributed by atoms with E-state index >= 15 is 0 Å². The summed E-state index contributed by atoms with van der Waals surface area (Å²) < 4.78 is 4.85. The van der Waals surface area contributed by atoms with Gasteiger partial charge in [0.2, 0.25) is 0 Å². The summed E-state index contributed by atoms with van der Waals surface area (Å²) in [5, 5.41) is 12.3. The van der Waals surface area contributed by atoms with Crippen molar-refractivity contribution in [3.63, 3.8) is 0 Å². The van der Waals surface area contributed by atoms with Crippen molar-refractivity contribution in [2.24, 2.45) is 0 Å². The quantitative estimate of drug-likeness (QED) is 0.120. The van der Waals surface area contributed by atoms with Gasteiger partial charge < -0.3 is 18.6 Å². The maximum atomic E-state index is 2.43. The first-order valence-corrected chi connectivity index (χ1v) is 35.0. The van der Waals surface area contributed by atoms with Crippen LogP contribution in [0.5, 0.6) is 0 Å².